The summed E-state index contributed by atoms with van der Waals surface area (Å²) in [6, 6.07) is 0. The molecule has 2 rings (SSSR count). The third-order valence-corrected chi connectivity index (χ3v) is 5.30. The van der Waals surface area contributed by atoms with Gasteiger partial charge in [-0.1, -0.05) is 0 Å². The van der Waals surface area contributed by atoms with Crippen molar-refractivity contribution in [3.8, 4) is 0 Å². The zero-order chi connectivity index (χ0) is 15.8. The van der Waals surface area contributed by atoms with Crippen LogP contribution in [0.4, 0.5) is 5.82 Å². The second-order valence-electron chi connectivity index (χ2n) is 6.04. The molecule has 0 atom stereocenters. The number of aromatic nitrogens is 2. The van der Waals surface area contributed by atoms with E-state index >= 15 is 0 Å². The zero-order valence-corrected chi connectivity index (χ0v) is 13.5. The summed E-state index contributed by atoms with van der Waals surface area (Å²) in [4.78, 5) is 2.11. The van der Waals surface area contributed by atoms with Crippen LogP contribution >= 0.6 is 0 Å². The van der Waals surface area contributed by atoms with Crippen molar-refractivity contribution < 1.29 is 13.5 Å². The van der Waals surface area contributed by atoms with Crippen molar-refractivity contribution >= 4 is 15.8 Å². The Balaban J connectivity index is 2.06. The Kier molecular flexibility index (Phi) is 4.29. The monoisotopic (exact) mass is 317 g/mol. The van der Waals surface area contributed by atoms with Crippen LogP contribution in [-0.2, 0) is 17.1 Å². The molecule has 0 aliphatic carbocycles. The molecule has 0 amide bonds. The average Bonchev–Trinajstić information content (AvgIpc) is 2.68. The molecule has 8 nitrogen and oxygen atoms in total. The van der Waals surface area contributed by atoms with Crippen LogP contribution in [0.2, 0.25) is 0 Å². The van der Waals surface area contributed by atoms with Gasteiger partial charge < -0.3 is 10.8 Å². The molecule has 1 aromatic heterocycles. The molecule has 0 unspecified atom stereocenters. The van der Waals surface area contributed by atoms with Crippen molar-refractivity contribution in [2.75, 3.05) is 38.5 Å². The number of aryl methyl sites for hydroxylation is 1. The summed E-state index contributed by atoms with van der Waals surface area (Å²) in [6.45, 7) is 5.95. The third-order valence-electron chi connectivity index (χ3n) is 3.38. The van der Waals surface area contributed by atoms with Crippen LogP contribution in [0.3, 0.4) is 0 Å². The van der Waals surface area contributed by atoms with E-state index in [0.29, 0.717) is 32.7 Å². The summed E-state index contributed by atoms with van der Waals surface area (Å²) >= 11 is 0. The zero-order valence-electron chi connectivity index (χ0n) is 12.7. The number of hydrogen-bond donors (Lipinski definition) is 2. The highest BCUT2D eigenvalue weighted by atomic mass is 32.2. The van der Waals surface area contributed by atoms with E-state index < -0.39 is 15.6 Å². The quantitative estimate of drug-likeness (QED) is 0.744. The highest BCUT2D eigenvalue weighted by molar-refractivity contribution is 7.89. The molecule has 21 heavy (non-hydrogen) atoms. The van der Waals surface area contributed by atoms with Crippen molar-refractivity contribution in [3.63, 3.8) is 0 Å². The first-order valence-electron chi connectivity index (χ1n) is 6.83. The molecule has 0 radical (unpaired) electrons. The van der Waals surface area contributed by atoms with Gasteiger partial charge in [-0.05, 0) is 13.8 Å². The van der Waals surface area contributed by atoms with E-state index in [2.05, 4.69) is 10.00 Å². The Bertz CT molecular complexity index is 597. The number of nitrogens with two attached hydrogens (primary N) is 1. The fourth-order valence-corrected chi connectivity index (χ4v) is 4.01. The molecule has 1 aromatic rings. The Hall–Kier alpha value is -1.16. The third kappa shape index (κ3) is 3.73. The number of piperazine rings is 1. The SMILES string of the molecule is Cn1cc(S(=O)(=O)N2CCN(CC(C)(C)O)CC2)c(N)n1. The maximum Gasteiger partial charge on any atom is 0.248 e. The second-order valence-corrected chi connectivity index (χ2v) is 7.95. The first-order valence-corrected chi connectivity index (χ1v) is 8.27. The highest BCUT2D eigenvalue weighted by Gasteiger charge is 2.32. The van der Waals surface area contributed by atoms with Gasteiger partial charge in [-0.2, -0.15) is 9.40 Å². The van der Waals surface area contributed by atoms with E-state index in [4.69, 9.17) is 5.73 Å². The van der Waals surface area contributed by atoms with Crippen LogP contribution in [0.5, 0.6) is 0 Å². The maximum atomic E-state index is 12.5. The van der Waals surface area contributed by atoms with Crippen molar-refractivity contribution in [1.82, 2.24) is 19.0 Å². The Morgan fingerprint density at radius 2 is 1.90 bits per heavy atom. The molecule has 0 saturated carbocycles. The topological polar surface area (TPSA) is 105 Å². The molecule has 0 spiro atoms. The van der Waals surface area contributed by atoms with E-state index in [0.717, 1.165) is 0 Å². The number of β-amino-alcohol motifs (C(OH)–C–C–N with tert-alkyl or cyclic N) is 1. The number of anilines is 1. The van der Waals surface area contributed by atoms with Crippen LogP contribution < -0.4 is 5.73 Å². The van der Waals surface area contributed by atoms with E-state index in [1.54, 1.807) is 20.9 Å². The summed E-state index contributed by atoms with van der Waals surface area (Å²) in [7, 11) is -1.97. The van der Waals surface area contributed by atoms with Gasteiger partial charge in [0, 0.05) is 46.0 Å². The molecule has 0 bridgehead atoms. The molecular formula is C12H23N5O3S. The number of nitrogen functional groups attached to an aromatic ring is 1. The minimum absolute atomic E-state index is 0.0245. The lowest BCUT2D eigenvalue weighted by Crippen LogP contribution is -2.51. The minimum atomic E-state index is -3.60. The van der Waals surface area contributed by atoms with Crippen LogP contribution in [0.1, 0.15) is 13.8 Å². The van der Waals surface area contributed by atoms with Crippen LogP contribution in [0, 0.1) is 0 Å². The largest absolute Gasteiger partial charge is 0.389 e. The molecule has 120 valence electrons. The van der Waals surface area contributed by atoms with Gasteiger partial charge in [0.1, 0.15) is 4.90 Å². The average molecular weight is 317 g/mol. The molecule has 0 aromatic carbocycles. The molecule has 1 aliphatic heterocycles. The molecule has 9 heteroatoms. The number of nitrogens with zero attached hydrogens (tertiary/aromatic N) is 4. The first kappa shape index (κ1) is 16.2. The van der Waals surface area contributed by atoms with Gasteiger partial charge in [0.15, 0.2) is 5.82 Å². The summed E-state index contributed by atoms with van der Waals surface area (Å²) in [6.07, 6.45) is 1.42. The summed E-state index contributed by atoms with van der Waals surface area (Å²) in [5.41, 5.74) is 4.88. The van der Waals surface area contributed by atoms with Gasteiger partial charge in [-0.15, -0.1) is 0 Å². The fraction of sp³-hybridized carbons (Fsp3) is 0.750. The van der Waals surface area contributed by atoms with Crippen LogP contribution in [0.25, 0.3) is 0 Å². The fourth-order valence-electron chi connectivity index (χ4n) is 2.50. The lowest BCUT2D eigenvalue weighted by atomic mass is 10.1. The number of rotatable bonds is 4. The molecule has 1 aliphatic rings. The molecule has 3 N–H and O–H groups in total. The summed E-state index contributed by atoms with van der Waals surface area (Å²) < 4.78 is 27.9. The van der Waals surface area contributed by atoms with E-state index in [9.17, 15) is 13.5 Å². The van der Waals surface area contributed by atoms with Gasteiger partial charge >= 0.3 is 0 Å². The number of aliphatic hydroxyl groups is 1. The van der Waals surface area contributed by atoms with Crippen LogP contribution in [0.15, 0.2) is 11.1 Å². The molecule has 1 fully saturated rings. The van der Waals surface area contributed by atoms with Crippen molar-refractivity contribution in [3.05, 3.63) is 6.20 Å². The minimum Gasteiger partial charge on any atom is -0.389 e. The standard InChI is InChI=1S/C12H23N5O3S/c1-12(2,18)9-16-4-6-17(7-5-16)21(19,20)10-8-15(3)14-11(10)13/h8,18H,4-7,9H2,1-3H3,(H2,13,14). The van der Waals surface area contributed by atoms with Crippen LogP contribution in [-0.4, -0.2) is 70.8 Å². The van der Waals surface area contributed by atoms with E-state index in [-0.39, 0.29) is 10.7 Å². The van der Waals surface area contributed by atoms with E-state index in [1.807, 2.05) is 0 Å². The van der Waals surface area contributed by atoms with Gasteiger partial charge in [0.05, 0.1) is 5.60 Å². The number of hydrogen-bond acceptors (Lipinski definition) is 6. The summed E-state index contributed by atoms with van der Waals surface area (Å²) in [5, 5.41) is 13.7. The molecular weight excluding hydrogens is 294 g/mol. The lowest BCUT2D eigenvalue weighted by Gasteiger charge is -2.36. The predicted molar refractivity (Wildman–Crippen MR) is 79.1 cm³/mol. The van der Waals surface area contributed by atoms with Crippen molar-refractivity contribution in [2.45, 2.75) is 24.3 Å². The smallest absolute Gasteiger partial charge is 0.248 e. The Morgan fingerprint density at radius 1 is 1.33 bits per heavy atom. The predicted octanol–water partition coefficient (Wildman–Crippen LogP) is -0.920. The molecule has 1 saturated heterocycles. The highest BCUT2D eigenvalue weighted by Crippen LogP contribution is 2.22. The lowest BCUT2D eigenvalue weighted by molar-refractivity contribution is 0.0263. The molecule has 2 heterocycles. The van der Waals surface area contributed by atoms with Gasteiger partial charge in [-0.3, -0.25) is 9.58 Å². The summed E-state index contributed by atoms with van der Waals surface area (Å²) in [5.74, 6) is 0.0245. The Labute approximate surface area is 125 Å². The maximum absolute atomic E-state index is 12.5. The van der Waals surface area contributed by atoms with Crippen molar-refractivity contribution in [2.24, 2.45) is 7.05 Å². The van der Waals surface area contributed by atoms with E-state index in [1.165, 1.54) is 15.2 Å². The van der Waals surface area contributed by atoms with Gasteiger partial charge in [0.25, 0.3) is 0 Å². The van der Waals surface area contributed by atoms with Gasteiger partial charge in [0.2, 0.25) is 10.0 Å². The number of sulfonamides is 1. The Morgan fingerprint density at radius 3 is 2.33 bits per heavy atom. The van der Waals surface area contributed by atoms with Gasteiger partial charge in [-0.25, -0.2) is 8.42 Å². The first-order chi connectivity index (χ1) is 9.59. The normalized spacial score (nSPS) is 19.0. The second kappa shape index (κ2) is 5.56. The van der Waals surface area contributed by atoms with Crippen molar-refractivity contribution in [1.29, 1.82) is 0 Å².